The van der Waals surface area contributed by atoms with Gasteiger partial charge in [-0.15, -0.1) is 11.8 Å². The van der Waals surface area contributed by atoms with Crippen LogP contribution in [0.25, 0.3) is 0 Å². The van der Waals surface area contributed by atoms with Crippen molar-refractivity contribution in [2.24, 2.45) is 0 Å². The predicted molar refractivity (Wildman–Crippen MR) is 124 cm³/mol. The van der Waals surface area contributed by atoms with E-state index in [1.165, 1.54) is 16.7 Å². The van der Waals surface area contributed by atoms with Crippen LogP contribution in [-0.4, -0.2) is 42.2 Å². The minimum atomic E-state index is 0.173. The fourth-order valence-electron chi connectivity index (χ4n) is 4.39. The number of amides is 1. The summed E-state index contributed by atoms with van der Waals surface area (Å²) in [5, 5.41) is 3.28. The average Bonchev–Trinajstić information content (AvgIpc) is 2.70. The highest BCUT2D eigenvalue weighted by Crippen LogP contribution is 2.35. The molecule has 0 spiro atoms. The molecule has 1 aliphatic carbocycles. The molecule has 1 fully saturated rings. The van der Waals surface area contributed by atoms with Crippen LogP contribution in [0.15, 0.2) is 54.6 Å². The molecule has 0 aliphatic heterocycles. The first-order valence-electron chi connectivity index (χ1n) is 10.6. The Kier molecular flexibility index (Phi) is 7.79. The standard InChI is InChI=1S/C25H34N2OS/c1-20-8-7-11-22(16-20)17-25(27(2)3)14-12-23(13-15-25)26-24(28)19-29-18-21-9-5-4-6-10-21/h4-11,16,23H,12-15,17-19H2,1-3H3,(H,26,28). The van der Waals surface area contributed by atoms with Crippen LogP contribution in [0, 0.1) is 6.92 Å². The van der Waals surface area contributed by atoms with Crippen molar-refractivity contribution in [1.29, 1.82) is 0 Å². The van der Waals surface area contributed by atoms with Crippen LogP contribution >= 0.6 is 11.8 Å². The first kappa shape index (κ1) is 21.9. The van der Waals surface area contributed by atoms with Gasteiger partial charge in [-0.1, -0.05) is 60.2 Å². The Morgan fingerprint density at radius 1 is 1.07 bits per heavy atom. The molecule has 0 radical (unpaired) electrons. The quantitative estimate of drug-likeness (QED) is 0.676. The zero-order chi connectivity index (χ0) is 20.7. The van der Waals surface area contributed by atoms with Gasteiger partial charge in [-0.3, -0.25) is 4.79 Å². The molecule has 2 aromatic carbocycles. The minimum Gasteiger partial charge on any atom is -0.353 e. The summed E-state index contributed by atoms with van der Waals surface area (Å²) in [5.41, 5.74) is 4.20. The lowest BCUT2D eigenvalue weighted by atomic mass is 9.74. The van der Waals surface area contributed by atoms with E-state index in [0.29, 0.717) is 11.8 Å². The van der Waals surface area contributed by atoms with Gasteiger partial charge < -0.3 is 10.2 Å². The molecule has 0 atom stereocenters. The largest absolute Gasteiger partial charge is 0.353 e. The zero-order valence-electron chi connectivity index (χ0n) is 18.0. The lowest BCUT2D eigenvalue weighted by molar-refractivity contribution is -0.119. The number of aryl methyl sites for hydroxylation is 1. The van der Waals surface area contributed by atoms with Crippen LogP contribution in [-0.2, 0) is 17.0 Å². The third kappa shape index (κ3) is 6.35. The molecule has 1 N–H and O–H groups in total. The third-order valence-electron chi connectivity index (χ3n) is 6.19. The van der Waals surface area contributed by atoms with E-state index in [1.54, 1.807) is 11.8 Å². The molecule has 0 heterocycles. The van der Waals surface area contributed by atoms with Crippen molar-refractivity contribution in [3.05, 3.63) is 71.3 Å². The van der Waals surface area contributed by atoms with E-state index in [0.717, 1.165) is 37.9 Å². The van der Waals surface area contributed by atoms with Crippen molar-refractivity contribution < 1.29 is 4.79 Å². The van der Waals surface area contributed by atoms with E-state index in [1.807, 2.05) is 18.2 Å². The van der Waals surface area contributed by atoms with E-state index >= 15 is 0 Å². The Balaban J connectivity index is 1.47. The van der Waals surface area contributed by atoms with Crippen LogP contribution in [0.4, 0.5) is 0 Å². The van der Waals surface area contributed by atoms with Crippen molar-refractivity contribution in [3.8, 4) is 0 Å². The van der Waals surface area contributed by atoms with Gasteiger partial charge in [0.15, 0.2) is 0 Å². The molecule has 0 aromatic heterocycles. The molecule has 156 valence electrons. The number of nitrogens with zero attached hydrogens (tertiary/aromatic N) is 1. The van der Waals surface area contributed by atoms with Gasteiger partial charge in [0.1, 0.15) is 0 Å². The maximum atomic E-state index is 12.4. The number of hydrogen-bond donors (Lipinski definition) is 1. The lowest BCUT2D eigenvalue weighted by Gasteiger charge is -2.45. The fourth-order valence-corrected chi connectivity index (χ4v) is 5.19. The van der Waals surface area contributed by atoms with Crippen molar-refractivity contribution >= 4 is 17.7 Å². The SMILES string of the molecule is Cc1cccc(CC2(N(C)C)CCC(NC(=O)CSCc3ccccc3)CC2)c1. The van der Waals surface area contributed by atoms with Crippen molar-refractivity contribution in [2.75, 3.05) is 19.8 Å². The predicted octanol–water partition coefficient (Wildman–Crippen LogP) is 4.83. The van der Waals surface area contributed by atoms with Crippen molar-refractivity contribution in [2.45, 2.75) is 56.4 Å². The summed E-state index contributed by atoms with van der Waals surface area (Å²) >= 11 is 1.69. The highest BCUT2D eigenvalue weighted by molar-refractivity contribution is 7.99. The summed E-state index contributed by atoms with van der Waals surface area (Å²) in [6.07, 6.45) is 5.43. The molecular weight excluding hydrogens is 376 g/mol. The summed E-state index contributed by atoms with van der Waals surface area (Å²) in [5.74, 6) is 1.60. The number of rotatable bonds is 8. The fraction of sp³-hybridized carbons (Fsp3) is 0.480. The van der Waals surface area contributed by atoms with Gasteiger partial charge in [-0.05, 0) is 64.3 Å². The number of likely N-dealkylation sites (N-methyl/N-ethyl adjacent to an activating group) is 1. The summed E-state index contributed by atoms with van der Waals surface area (Å²) in [7, 11) is 4.41. The van der Waals surface area contributed by atoms with Crippen molar-refractivity contribution in [1.82, 2.24) is 10.2 Å². The second kappa shape index (κ2) is 10.3. The Labute approximate surface area is 180 Å². The Hall–Kier alpha value is -1.78. The molecule has 1 aliphatic rings. The number of carbonyl (C=O) groups is 1. The van der Waals surface area contributed by atoms with Crippen LogP contribution < -0.4 is 5.32 Å². The molecule has 4 heteroatoms. The molecule has 0 unspecified atom stereocenters. The van der Waals surface area contributed by atoms with Gasteiger partial charge in [-0.25, -0.2) is 0 Å². The molecule has 3 nitrogen and oxygen atoms in total. The Bertz CT molecular complexity index is 782. The topological polar surface area (TPSA) is 32.3 Å². The van der Waals surface area contributed by atoms with Crippen LogP contribution in [0.5, 0.6) is 0 Å². The highest BCUT2D eigenvalue weighted by atomic mass is 32.2. The summed E-state index contributed by atoms with van der Waals surface area (Å²) < 4.78 is 0. The Morgan fingerprint density at radius 3 is 2.41 bits per heavy atom. The third-order valence-corrected chi connectivity index (χ3v) is 7.19. The van der Waals surface area contributed by atoms with Gasteiger partial charge in [0.25, 0.3) is 0 Å². The molecular formula is C25H34N2OS. The minimum absolute atomic E-state index is 0.173. The molecule has 3 rings (SSSR count). The number of thioether (sulfide) groups is 1. The number of hydrogen-bond acceptors (Lipinski definition) is 3. The molecule has 29 heavy (non-hydrogen) atoms. The second-order valence-corrected chi connectivity index (χ2v) is 9.59. The number of carbonyl (C=O) groups excluding carboxylic acids is 1. The van der Waals surface area contributed by atoms with E-state index in [-0.39, 0.29) is 11.4 Å². The average molecular weight is 411 g/mol. The van der Waals surface area contributed by atoms with Gasteiger partial charge in [0, 0.05) is 17.3 Å². The van der Waals surface area contributed by atoms with E-state index in [4.69, 9.17) is 0 Å². The second-order valence-electron chi connectivity index (χ2n) is 8.60. The lowest BCUT2D eigenvalue weighted by Crippen LogP contribution is -2.52. The van der Waals surface area contributed by atoms with Crippen LogP contribution in [0.2, 0.25) is 0 Å². The van der Waals surface area contributed by atoms with E-state index in [9.17, 15) is 4.79 Å². The Morgan fingerprint density at radius 2 is 1.76 bits per heavy atom. The highest BCUT2D eigenvalue weighted by Gasteiger charge is 2.37. The summed E-state index contributed by atoms with van der Waals surface area (Å²) in [4.78, 5) is 14.8. The first-order chi connectivity index (χ1) is 14.0. The van der Waals surface area contributed by atoms with Crippen LogP contribution in [0.3, 0.4) is 0 Å². The molecule has 1 amide bonds. The summed E-state index contributed by atoms with van der Waals surface area (Å²) in [6.45, 7) is 2.16. The maximum absolute atomic E-state index is 12.4. The van der Waals surface area contributed by atoms with Crippen molar-refractivity contribution in [3.63, 3.8) is 0 Å². The normalized spacial score (nSPS) is 21.9. The van der Waals surface area contributed by atoms with Gasteiger partial charge in [-0.2, -0.15) is 0 Å². The van der Waals surface area contributed by atoms with Gasteiger partial charge >= 0.3 is 0 Å². The molecule has 0 saturated heterocycles. The first-order valence-corrected chi connectivity index (χ1v) is 11.8. The summed E-state index contributed by atoms with van der Waals surface area (Å²) in [6, 6.07) is 19.5. The molecule has 0 bridgehead atoms. The monoisotopic (exact) mass is 410 g/mol. The van der Waals surface area contributed by atoms with E-state index in [2.05, 4.69) is 67.6 Å². The molecule has 1 saturated carbocycles. The van der Waals surface area contributed by atoms with Gasteiger partial charge in [0.2, 0.25) is 5.91 Å². The number of benzene rings is 2. The number of nitrogens with one attached hydrogen (secondary N) is 1. The smallest absolute Gasteiger partial charge is 0.230 e. The van der Waals surface area contributed by atoms with E-state index < -0.39 is 0 Å². The van der Waals surface area contributed by atoms with Gasteiger partial charge in [0.05, 0.1) is 5.75 Å². The van der Waals surface area contributed by atoms with Crippen LogP contribution in [0.1, 0.15) is 42.4 Å². The molecule has 2 aromatic rings. The zero-order valence-corrected chi connectivity index (χ0v) is 18.8. The maximum Gasteiger partial charge on any atom is 0.230 e.